The van der Waals surface area contributed by atoms with Crippen LogP contribution >= 0.6 is 0 Å². The number of rotatable bonds is 7. The molecule has 2 rings (SSSR count). The standard InChI is InChI=1S/C18H19FN2O3/c1-2-24-18(23)15-5-3-4-6-16(15)20-12-11-17(22)21-14-9-7-13(19)8-10-14/h3-10,20H,2,11-12H2,1H3,(H,21,22). The zero-order valence-electron chi connectivity index (χ0n) is 13.3. The van der Waals surface area contributed by atoms with Crippen LogP contribution in [0.4, 0.5) is 15.8 Å². The van der Waals surface area contributed by atoms with Gasteiger partial charge in [0.2, 0.25) is 5.91 Å². The molecule has 0 aliphatic carbocycles. The maximum Gasteiger partial charge on any atom is 0.340 e. The summed E-state index contributed by atoms with van der Waals surface area (Å²) >= 11 is 0. The molecule has 6 heteroatoms. The lowest BCUT2D eigenvalue weighted by atomic mass is 10.1. The third-order valence-corrected chi connectivity index (χ3v) is 3.22. The third-order valence-electron chi connectivity index (χ3n) is 3.22. The van der Waals surface area contributed by atoms with Gasteiger partial charge in [0, 0.05) is 24.3 Å². The first-order chi connectivity index (χ1) is 11.6. The Morgan fingerprint density at radius 2 is 1.79 bits per heavy atom. The van der Waals surface area contributed by atoms with E-state index in [1.807, 2.05) is 0 Å². The minimum atomic E-state index is -0.406. The predicted molar refractivity (Wildman–Crippen MR) is 90.5 cm³/mol. The average molecular weight is 330 g/mol. The van der Waals surface area contributed by atoms with E-state index in [9.17, 15) is 14.0 Å². The maximum absolute atomic E-state index is 12.8. The molecule has 2 aromatic carbocycles. The number of anilines is 2. The van der Waals surface area contributed by atoms with Gasteiger partial charge in [0.15, 0.2) is 0 Å². The summed E-state index contributed by atoms with van der Waals surface area (Å²) in [6, 6.07) is 12.5. The molecular weight excluding hydrogens is 311 g/mol. The molecule has 0 heterocycles. The highest BCUT2D eigenvalue weighted by atomic mass is 19.1. The van der Waals surface area contributed by atoms with Crippen molar-refractivity contribution in [1.29, 1.82) is 0 Å². The van der Waals surface area contributed by atoms with Crippen LogP contribution in [0.1, 0.15) is 23.7 Å². The molecule has 1 amide bonds. The third kappa shape index (κ3) is 5.08. The number of esters is 1. The lowest BCUT2D eigenvalue weighted by molar-refractivity contribution is -0.115. The smallest absolute Gasteiger partial charge is 0.340 e. The topological polar surface area (TPSA) is 67.4 Å². The van der Waals surface area contributed by atoms with E-state index in [0.29, 0.717) is 30.1 Å². The number of halogens is 1. The van der Waals surface area contributed by atoms with Crippen LogP contribution in [0.5, 0.6) is 0 Å². The van der Waals surface area contributed by atoms with Gasteiger partial charge in [-0.25, -0.2) is 9.18 Å². The van der Waals surface area contributed by atoms with Crippen molar-refractivity contribution in [2.24, 2.45) is 0 Å². The van der Waals surface area contributed by atoms with Gasteiger partial charge in [0.25, 0.3) is 0 Å². The van der Waals surface area contributed by atoms with Crippen molar-refractivity contribution in [2.75, 3.05) is 23.8 Å². The summed E-state index contributed by atoms with van der Waals surface area (Å²) in [4.78, 5) is 23.7. The predicted octanol–water partition coefficient (Wildman–Crippen LogP) is 3.44. The maximum atomic E-state index is 12.8. The molecule has 5 nitrogen and oxygen atoms in total. The van der Waals surface area contributed by atoms with Gasteiger partial charge in [0.1, 0.15) is 5.82 Å². The minimum Gasteiger partial charge on any atom is -0.462 e. The fourth-order valence-electron chi connectivity index (χ4n) is 2.09. The Morgan fingerprint density at radius 1 is 1.08 bits per heavy atom. The fraction of sp³-hybridized carbons (Fsp3) is 0.222. The molecule has 0 spiro atoms. The van der Waals surface area contributed by atoms with Crippen LogP contribution in [0.15, 0.2) is 48.5 Å². The zero-order valence-corrected chi connectivity index (χ0v) is 13.3. The van der Waals surface area contributed by atoms with Crippen molar-refractivity contribution in [3.05, 3.63) is 59.9 Å². The number of carbonyl (C=O) groups is 2. The van der Waals surface area contributed by atoms with Gasteiger partial charge in [-0.15, -0.1) is 0 Å². The number of ether oxygens (including phenoxy) is 1. The molecule has 0 fully saturated rings. The second kappa shape index (κ2) is 8.67. The molecule has 0 saturated carbocycles. The van der Waals surface area contributed by atoms with Crippen molar-refractivity contribution in [3.8, 4) is 0 Å². The second-order valence-electron chi connectivity index (χ2n) is 5.00. The summed E-state index contributed by atoms with van der Waals surface area (Å²) in [6.07, 6.45) is 0.203. The van der Waals surface area contributed by atoms with Crippen molar-refractivity contribution in [3.63, 3.8) is 0 Å². The van der Waals surface area contributed by atoms with E-state index >= 15 is 0 Å². The fourth-order valence-corrected chi connectivity index (χ4v) is 2.09. The highest BCUT2D eigenvalue weighted by molar-refractivity contribution is 5.96. The Morgan fingerprint density at radius 3 is 2.50 bits per heavy atom. The van der Waals surface area contributed by atoms with Gasteiger partial charge in [0.05, 0.1) is 12.2 Å². The number of nitrogens with one attached hydrogen (secondary N) is 2. The van der Waals surface area contributed by atoms with E-state index in [-0.39, 0.29) is 18.1 Å². The van der Waals surface area contributed by atoms with Crippen LogP contribution < -0.4 is 10.6 Å². The SMILES string of the molecule is CCOC(=O)c1ccccc1NCCC(=O)Nc1ccc(F)cc1. The van der Waals surface area contributed by atoms with Crippen molar-refractivity contribution in [1.82, 2.24) is 0 Å². The number of hydrogen-bond acceptors (Lipinski definition) is 4. The minimum absolute atomic E-state index is 0.203. The first-order valence-electron chi connectivity index (χ1n) is 7.65. The average Bonchev–Trinajstić information content (AvgIpc) is 2.57. The molecular formula is C18H19FN2O3. The Bertz CT molecular complexity index is 702. The Hall–Kier alpha value is -2.89. The quantitative estimate of drug-likeness (QED) is 0.763. The van der Waals surface area contributed by atoms with Crippen molar-refractivity contribution >= 4 is 23.3 Å². The Kier molecular flexibility index (Phi) is 6.31. The van der Waals surface area contributed by atoms with Gasteiger partial charge >= 0.3 is 5.97 Å². The van der Waals surface area contributed by atoms with Crippen LogP contribution in [0, 0.1) is 5.82 Å². The van der Waals surface area contributed by atoms with Crippen LogP contribution in [-0.4, -0.2) is 25.0 Å². The number of hydrogen-bond donors (Lipinski definition) is 2. The molecule has 2 N–H and O–H groups in total. The van der Waals surface area contributed by atoms with Gasteiger partial charge in [-0.05, 0) is 43.3 Å². The van der Waals surface area contributed by atoms with Gasteiger partial charge in [-0.3, -0.25) is 4.79 Å². The summed E-state index contributed by atoms with van der Waals surface area (Å²) in [5, 5.41) is 5.73. The van der Waals surface area contributed by atoms with E-state index in [1.165, 1.54) is 24.3 Å². The van der Waals surface area contributed by atoms with Crippen molar-refractivity contribution < 1.29 is 18.7 Å². The first-order valence-corrected chi connectivity index (χ1v) is 7.65. The van der Waals surface area contributed by atoms with E-state index in [4.69, 9.17) is 4.74 Å². The molecule has 2 aromatic rings. The highest BCUT2D eigenvalue weighted by Crippen LogP contribution is 2.16. The normalized spacial score (nSPS) is 10.1. The molecule has 126 valence electrons. The first kappa shape index (κ1) is 17.5. The monoisotopic (exact) mass is 330 g/mol. The summed E-state index contributed by atoms with van der Waals surface area (Å²) in [5.41, 5.74) is 1.58. The van der Waals surface area contributed by atoms with Crippen LogP contribution in [0.2, 0.25) is 0 Å². The van der Waals surface area contributed by atoms with Crippen LogP contribution in [-0.2, 0) is 9.53 Å². The number of benzene rings is 2. The Balaban J connectivity index is 1.86. The summed E-state index contributed by atoms with van der Waals surface area (Å²) < 4.78 is 17.8. The van der Waals surface area contributed by atoms with Gasteiger partial charge in [-0.2, -0.15) is 0 Å². The highest BCUT2D eigenvalue weighted by Gasteiger charge is 2.11. The van der Waals surface area contributed by atoms with E-state index in [0.717, 1.165) is 0 Å². The zero-order chi connectivity index (χ0) is 17.4. The van der Waals surface area contributed by atoms with E-state index in [2.05, 4.69) is 10.6 Å². The molecule has 0 saturated heterocycles. The molecule has 0 unspecified atom stereocenters. The molecule has 0 aromatic heterocycles. The van der Waals surface area contributed by atoms with E-state index < -0.39 is 5.97 Å². The Labute approximate surface area is 139 Å². The molecule has 0 aliphatic rings. The van der Waals surface area contributed by atoms with Gasteiger partial charge < -0.3 is 15.4 Å². The van der Waals surface area contributed by atoms with Gasteiger partial charge in [-0.1, -0.05) is 12.1 Å². The number of amides is 1. The molecule has 0 bridgehead atoms. The lowest BCUT2D eigenvalue weighted by Crippen LogP contribution is -2.17. The van der Waals surface area contributed by atoms with Crippen LogP contribution in [0.25, 0.3) is 0 Å². The molecule has 0 atom stereocenters. The molecule has 24 heavy (non-hydrogen) atoms. The molecule has 0 radical (unpaired) electrons. The second-order valence-corrected chi connectivity index (χ2v) is 5.00. The molecule has 0 aliphatic heterocycles. The summed E-state index contributed by atoms with van der Waals surface area (Å²) in [6.45, 7) is 2.39. The van der Waals surface area contributed by atoms with Crippen molar-refractivity contribution in [2.45, 2.75) is 13.3 Å². The number of carbonyl (C=O) groups excluding carboxylic acids is 2. The van der Waals surface area contributed by atoms with E-state index in [1.54, 1.807) is 31.2 Å². The summed E-state index contributed by atoms with van der Waals surface area (Å²) in [7, 11) is 0. The summed E-state index contributed by atoms with van der Waals surface area (Å²) in [5.74, 6) is -0.968. The largest absolute Gasteiger partial charge is 0.462 e. The number of para-hydroxylation sites is 1. The lowest BCUT2D eigenvalue weighted by Gasteiger charge is -2.11. The van der Waals surface area contributed by atoms with Crippen LogP contribution in [0.3, 0.4) is 0 Å².